The van der Waals surface area contributed by atoms with Crippen molar-refractivity contribution in [1.82, 2.24) is 19.3 Å². The highest BCUT2D eigenvalue weighted by molar-refractivity contribution is 7.97. The zero-order valence-corrected chi connectivity index (χ0v) is 15.5. The number of hydrogen-bond donors (Lipinski definition) is 0. The molecule has 27 heavy (non-hydrogen) atoms. The molecule has 9 heteroatoms. The van der Waals surface area contributed by atoms with Crippen LogP contribution >= 0.6 is 0 Å². The third-order valence-corrected chi connectivity index (χ3v) is 5.62. The van der Waals surface area contributed by atoms with E-state index >= 15 is 0 Å². The molecule has 1 saturated heterocycles. The summed E-state index contributed by atoms with van der Waals surface area (Å²) in [6.07, 6.45) is 6.10. The number of amides is 1. The summed E-state index contributed by atoms with van der Waals surface area (Å²) in [7, 11) is -3.28. The second-order valence-corrected chi connectivity index (χ2v) is 8.33. The minimum atomic E-state index is -3.28. The standard InChI is InChI=1S/C18H18N4O4S/c1-27(24,25)14-4-2-13(3-5-14)16-15-12-19-6-7-22(15)17(20-16)18(23)21-8-10-26-11-9-21/h2-7,12H,8-11H2,1H3. The molecule has 1 unspecified atom stereocenters. The van der Waals surface area contributed by atoms with E-state index in [0.717, 1.165) is 6.26 Å². The van der Waals surface area contributed by atoms with E-state index in [1.165, 1.54) is 12.1 Å². The molecular weight excluding hydrogens is 368 g/mol. The monoisotopic (exact) mass is 386 g/mol. The number of hydrogen-bond acceptors (Lipinski definition) is 6. The summed E-state index contributed by atoms with van der Waals surface area (Å²) in [6, 6.07) is 6.45. The van der Waals surface area contributed by atoms with Gasteiger partial charge in [0.2, 0.25) is 5.82 Å². The maximum absolute atomic E-state index is 12.9. The van der Waals surface area contributed by atoms with Gasteiger partial charge in [0.15, 0.2) is 4.90 Å². The maximum Gasteiger partial charge on any atom is 0.290 e. The van der Waals surface area contributed by atoms with Gasteiger partial charge in [-0.25, -0.2) is 4.98 Å². The molecule has 2 aromatic heterocycles. The fourth-order valence-electron chi connectivity index (χ4n) is 3.07. The highest BCUT2D eigenvalue weighted by Gasteiger charge is 2.25. The minimum absolute atomic E-state index is 0.168. The number of sulfone groups is 1. The molecule has 1 atom stereocenters. The average molecular weight is 386 g/mol. The number of ether oxygens (including phenoxy) is 1. The van der Waals surface area contributed by atoms with Gasteiger partial charge in [-0.1, -0.05) is 0 Å². The Bertz CT molecular complexity index is 1040. The number of fused-ring (bicyclic) bond motifs is 1. The molecule has 0 aliphatic carbocycles. The van der Waals surface area contributed by atoms with Gasteiger partial charge in [0.05, 0.1) is 40.8 Å². The number of rotatable bonds is 3. The van der Waals surface area contributed by atoms with Crippen LogP contribution < -0.4 is 0 Å². The van der Waals surface area contributed by atoms with Crippen molar-refractivity contribution in [3.05, 3.63) is 48.7 Å². The highest BCUT2D eigenvalue weighted by Crippen LogP contribution is 2.27. The van der Waals surface area contributed by atoms with Crippen molar-refractivity contribution in [1.29, 1.82) is 0 Å². The molecule has 3 heterocycles. The van der Waals surface area contributed by atoms with Crippen LogP contribution in [0.1, 0.15) is 10.6 Å². The summed E-state index contributed by atoms with van der Waals surface area (Å²) >= 11 is 0. The lowest BCUT2D eigenvalue weighted by molar-refractivity contribution is 0.0294. The van der Waals surface area contributed by atoms with Crippen LogP contribution in [0.5, 0.6) is 0 Å². The first-order valence-electron chi connectivity index (χ1n) is 8.45. The van der Waals surface area contributed by atoms with Crippen molar-refractivity contribution in [2.75, 3.05) is 32.6 Å². The van der Waals surface area contributed by atoms with Gasteiger partial charge in [0, 0.05) is 31.0 Å². The number of carbonyl (C=O) groups excluding carboxylic acids is 1. The first-order chi connectivity index (χ1) is 12.9. The van der Waals surface area contributed by atoms with Crippen molar-refractivity contribution >= 4 is 21.6 Å². The molecule has 0 radical (unpaired) electrons. The topological polar surface area (TPSA) is 99.9 Å². The van der Waals surface area contributed by atoms with Crippen molar-refractivity contribution in [3.8, 4) is 11.3 Å². The fraction of sp³-hybridized carbons (Fsp3) is 0.278. The predicted molar refractivity (Wildman–Crippen MR) is 98.2 cm³/mol. The second-order valence-electron chi connectivity index (χ2n) is 6.32. The van der Waals surface area contributed by atoms with E-state index in [1.54, 1.807) is 40.0 Å². The van der Waals surface area contributed by atoms with Gasteiger partial charge < -0.3 is 14.2 Å². The molecule has 140 valence electrons. The number of nitrogens with zero attached hydrogens (tertiary/aromatic N) is 4. The van der Waals surface area contributed by atoms with Gasteiger partial charge in [-0.3, -0.25) is 14.2 Å². The lowest BCUT2D eigenvalue weighted by Gasteiger charge is -2.26. The van der Waals surface area contributed by atoms with Crippen LogP contribution in [-0.4, -0.2) is 62.3 Å². The molecule has 0 N–H and O–H groups in total. The Kier molecular flexibility index (Phi) is 4.50. The Labute approximate surface area is 157 Å². The Balaban J connectivity index is 1.78. The molecule has 3 aromatic rings. The van der Waals surface area contributed by atoms with E-state index in [9.17, 15) is 13.6 Å². The maximum atomic E-state index is 12.9. The van der Waals surface area contributed by atoms with Crippen molar-refractivity contribution in [2.24, 2.45) is 0 Å². The Morgan fingerprint density at radius 2 is 1.93 bits per heavy atom. The molecule has 1 fully saturated rings. The van der Waals surface area contributed by atoms with Crippen LogP contribution in [0.3, 0.4) is 0 Å². The largest absolute Gasteiger partial charge is 0.610 e. The van der Waals surface area contributed by atoms with Gasteiger partial charge in [-0.15, -0.1) is 4.21 Å². The van der Waals surface area contributed by atoms with E-state index < -0.39 is 10.2 Å². The van der Waals surface area contributed by atoms with Crippen LogP contribution in [0.4, 0.5) is 0 Å². The SMILES string of the molecule is C[S+](=O)([O-])c1ccc(-c2nc(C(=O)N3CCOCC3)n3ccncc23)cc1. The normalized spacial score (nSPS) is 17.0. The molecule has 4 rings (SSSR count). The van der Waals surface area contributed by atoms with Gasteiger partial charge >= 0.3 is 0 Å². The van der Waals surface area contributed by atoms with Gasteiger partial charge in [-0.2, -0.15) is 0 Å². The zero-order chi connectivity index (χ0) is 19.0. The molecule has 1 aromatic carbocycles. The Hall–Kier alpha value is -2.62. The number of aromatic nitrogens is 3. The Morgan fingerprint density at radius 1 is 1.22 bits per heavy atom. The quantitative estimate of drug-likeness (QED) is 0.632. The van der Waals surface area contributed by atoms with Crippen molar-refractivity contribution < 1.29 is 18.3 Å². The summed E-state index contributed by atoms with van der Waals surface area (Å²) < 4.78 is 30.4. The molecular formula is C18H18N4O4S. The van der Waals surface area contributed by atoms with Crippen LogP contribution in [-0.2, 0) is 19.2 Å². The van der Waals surface area contributed by atoms with Crippen molar-refractivity contribution in [2.45, 2.75) is 4.90 Å². The van der Waals surface area contributed by atoms with Crippen LogP contribution in [0.25, 0.3) is 16.8 Å². The van der Waals surface area contributed by atoms with E-state index in [2.05, 4.69) is 9.97 Å². The summed E-state index contributed by atoms with van der Waals surface area (Å²) in [5, 5.41) is 0. The number of carbonyl (C=O) groups is 1. The summed E-state index contributed by atoms with van der Waals surface area (Å²) in [5.74, 6) is 0.134. The third kappa shape index (κ3) is 3.36. The van der Waals surface area contributed by atoms with Gasteiger partial charge in [0.25, 0.3) is 5.91 Å². The molecule has 0 bridgehead atoms. The van der Waals surface area contributed by atoms with Crippen LogP contribution in [0.2, 0.25) is 0 Å². The van der Waals surface area contributed by atoms with Crippen LogP contribution in [0.15, 0.2) is 47.8 Å². The molecule has 1 aliphatic heterocycles. The van der Waals surface area contributed by atoms with E-state index in [0.29, 0.717) is 48.9 Å². The predicted octanol–water partition coefficient (Wildman–Crippen LogP) is 1.49. The van der Waals surface area contributed by atoms with Crippen molar-refractivity contribution in [3.63, 3.8) is 0 Å². The lowest BCUT2D eigenvalue weighted by Crippen LogP contribution is -2.41. The summed E-state index contributed by atoms with van der Waals surface area (Å²) in [4.78, 5) is 23.6. The molecule has 0 spiro atoms. The molecule has 8 nitrogen and oxygen atoms in total. The van der Waals surface area contributed by atoms with Crippen LogP contribution in [0, 0.1) is 0 Å². The first kappa shape index (κ1) is 17.8. The third-order valence-electron chi connectivity index (χ3n) is 4.49. The average Bonchev–Trinajstić information content (AvgIpc) is 3.07. The second kappa shape index (κ2) is 6.84. The lowest BCUT2D eigenvalue weighted by atomic mass is 10.1. The fourth-order valence-corrected chi connectivity index (χ4v) is 3.70. The first-order valence-corrected chi connectivity index (χ1v) is 10.3. The van der Waals surface area contributed by atoms with E-state index in [4.69, 9.17) is 4.74 Å². The minimum Gasteiger partial charge on any atom is -0.610 e. The zero-order valence-electron chi connectivity index (χ0n) is 14.7. The smallest absolute Gasteiger partial charge is 0.290 e. The number of imidazole rings is 1. The number of morpholine rings is 1. The number of benzene rings is 1. The highest BCUT2D eigenvalue weighted by atomic mass is 32.3. The van der Waals surface area contributed by atoms with E-state index in [1.807, 2.05) is 0 Å². The molecule has 1 amide bonds. The van der Waals surface area contributed by atoms with E-state index in [-0.39, 0.29) is 10.8 Å². The Morgan fingerprint density at radius 3 is 2.59 bits per heavy atom. The molecule has 1 aliphatic rings. The van der Waals surface area contributed by atoms with Gasteiger partial charge in [0.1, 0.15) is 6.26 Å². The van der Waals surface area contributed by atoms with Gasteiger partial charge in [-0.05, 0) is 24.3 Å². The summed E-state index contributed by atoms with van der Waals surface area (Å²) in [6.45, 7) is 2.07. The summed E-state index contributed by atoms with van der Waals surface area (Å²) in [5.41, 5.74) is 1.98. The molecule has 0 saturated carbocycles.